The van der Waals surface area contributed by atoms with E-state index in [-0.39, 0.29) is 22.9 Å². The average molecular weight is 352 g/mol. The summed E-state index contributed by atoms with van der Waals surface area (Å²) in [4.78, 5) is 2.38. The van der Waals surface area contributed by atoms with Gasteiger partial charge in [0, 0.05) is 24.3 Å². The van der Waals surface area contributed by atoms with Crippen LogP contribution in [0.25, 0.3) is 0 Å². The zero-order valence-electron chi connectivity index (χ0n) is 14.4. The molecule has 2 aromatic carbocycles. The van der Waals surface area contributed by atoms with Crippen LogP contribution in [-0.2, 0) is 0 Å². The second kappa shape index (κ2) is 8.02. The molecule has 0 radical (unpaired) electrons. The third-order valence-corrected chi connectivity index (χ3v) is 3.93. The number of ether oxygens (including phenoxy) is 1. The van der Waals surface area contributed by atoms with Crippen LogP contribution in [0.5, 0.6) is 23.0 Å². The summed E-state index contributed by atoms with van der Waals surface area (Å²) in [7, 11) is 0. The summed E-state index contributed by atoms with van der Waals surface area (Å²) in [6, 6.07) is 4.28. The highest BCUT2D eigenvalue weighted by Crippen LogP contribution is 2.45. The van der Waals surface area contributed by atoms with E-state index in [1.165, 1.54) is 19.6 Å². The van der Waals surface area contributed by atoms with Crippen molar-refractivity contribution in [3.05, 3.63) is 35.9 Å². The van der Waals surface area contributed by atoms with E-state index in [1.54, 1.807) is 0 Å². The predicted octanol–water partition coefficient (Wildman–Crippen LogP) is 4.57. The summed E-state index contributed by atoms with van der Waals surface area (Å²) in [6.07, 6.45) is 0. The van der Waals surface area contributed by atoms with E-state index in [2.05, 4.69) is 31.0 Å². The molecule has 0 spiro atoms. The molecule has 0 saturated heterocycles. The Bertz CT molecular complexity index is 633. The number of nitrogens with one attached hydrogen (secondary N) is 1. The molecule has 5 nitrogen and oxygen atoms in total. The number of benzene rings is 2. The molecule has 0 aromatic heterocycles. The topological polar surface area (TPSA) is 65.0 Å². The van der Waals surface area contributed by atoms with Crippen molar-refractivity contribution in [2.24, 2.45) is 0 Å². The minimum Gasteiger partial charge on any atom is -0.505 e. The van der Waals surface area contributed by atoms with Crippen LogP contribution in [0.1, 0.15) is 20.8 Å². The van der Waals surface area contributed by atoms with Gasteiger partial charge in [-0.25, -0.2) is 8.78 Å². The predicted molar refractivity (Wildman–Crippen MR) is 92.9 cm³/mol. The van der Waals surface area contributed by atoms with Gasteiger partial charge >= 0.3 is 0 Å². The van der Waals surface area contributed by atoms with Gasteiger partial charge in [0.05, 0.1) is 11.4 Å². The number of fused-ring (bicyclic) bond motifs is 2. The molecule has 3 rings (SSSR count). The second-order valence-corrected chi connectivity index (χ2v) is 5.45. The second-order valence-electron chi connectivity index (χ2n) is 5.45. The van der Waals surface area contributed by atoms with Crippen molar-refractivity contribution in [2.45, 2.75) is 20.8 Å². The van der Waals surface area contributed by atoms with Crippen molar-refractivity contribution in [3.8, 4) is 23.0 Å². The highest BCUT2D eigenvalue weighted by Gasteiger charge is 2.21. The third kappa shape index (κ3) is 4.30. The van der Waals surface area contributed by atoms with Gasteiger partial charge in [-0.3, -0.25) is 0 Å². The van der Waals surface area contributed by atoms with E-state index in [9.17, 15) is 19.0 Å². The van der Waals surface area contributed by atoms with E-state index in [0.29, 0.717) is 0 Å². The van der Waals surface area contributed by atoms with Gasteiger partial charge < -0.3 is 25.2 Å². The van der Waals surface area contributed by atoms with E-state index < -0.39 is 23.1 Å². The Morgan fingerprint density at radius 3 is 1.56 bits per heavy atom. The van der Waals surface area contributed by atoms with Gasteiger partial charge in [-0.1, -0.05) is 20.8 Å². The molecular weight excluding hydrogens is 330 g/mol. The minimum atomic E-state index is -0.812. The van der Waals surface area contributed by atoms with E-state index >= 15 is 0 Å². The Labute approximate surface area is 145 Å². The number of phenols is 2. The molecule has 1 aliphatic heterocycles. The monoisotopic (exact) mass is 352 g/mol. The first-order valence-electron chi connectivity index (χ1n) is 8.11. The number of hydrogen-bond acceptors (Lipinski definition) is 5. The number of phenolic OH excluding ortho intramolecular Hbond substituents is 2. The Kier molecular flexibility index (Phi) is 6.03. The Balaban J connectivity index is 0.000000277. The molecule has 0 amide bonds. The molecule has 0 aliphatic carbocycles. The molecule has 7 heteroatoms. The number of rotatable bonds is 3. The van der Waals surface area contributed by atoms with Gasteiger partial charge in [-0.05, 0) is 19.6 Å². The number of aromatic hydroxyl groups is 2. The van der Waals surface area contributed by atoms with E-state index in [1.807, 2.05) is 0 Å². The van der Waals surface area contributed by atoms with Crippen molar-refractivity contribution < 1.29 is 23.7 Å². The summed E-state index contributed by atoms with van der Waals surface area (Å²) in [6.45, 7) is 10.1. The first kappa shape index (κ1) is 18.8. The van der Waals surface area contributed by atoms with Crippen LogP contribution in [-0.4, -0.2) is 34.7 Å². The minimum absolute atomic E-state index is 0.187. The number of halogens is 2. The highest BCUT2D eigenvalue weighted by atomic mass is 19.1. The molecule has 2 aromatic rings. The zero-order valence-corrected chi connectivity index (χ0v) is 14.4. The molecule has 25 heavy (non-hydrogen) atoms. The van der Waals surface area contributed by atoms with Gasteiger partial charge in [0.2, 0.25) is 0 Å². The first-order valence-corrected chi connectivity index (χ1v) is 8.11. The van der Waals surface area contributed by atoms with Crippen molar-refractivity contribution in [3.63, 3.8) is 0 Å². The molecule has 1 aliphatic rings. The summed E-state index contributed by atoms with van der Waals surface area (Å²) >= 11 is 0. The standard InChI is InChI=1S/C12H7F2NO3.C6H15N/c13-5-1-7-11(3-9(5)16)18-12-4-10(17)6(14)2-8(12)15-7;1-4-7(5-2)6-3/h1-4,15-17H;4-6H2,1-3H3. The van der Waals surface area contributed by atoms with E-state index in [0.717, 1.165) is 24.3 Å². The summed E-state index contributed by atoms with van der Waals surface area (Å²) in [5.74, 6) is -2.35. The number of hydrogen-bond donors (Lipinski definition) is 3. The van der Waals surface area contributed by atoms with Crippen molar-refractivity contribution >= 4 is 11.4 Å². The van der Waals surface area contributed by atoms with Crippen molar-refractivity contribution in [1.29, 1.82) is 0 Å². The van der Waals surface area contributed by atoms with Crippen molar-refractivity contribution in [2.75, 3.05) is 25.0 Å². The molecule has 0 atom stereocenters. The Morgan fingerprint density at radius 2 is 1.24 bits per heavy atom. The fourth-order valence-corrected chi connectivity index (χ4v) is 2.38. The third-order valence-electron chi connectivity index (χ3n) is 3.93. The maximum atomic E-state index is 13.2. The summed E-state index contributed by atoms with van der Waals surface area (Å²) < 4.78 is 31.7. The van der Waals surface area contributed by atoms with Crippen LogP contribution in [0.3, 0.4) is 0 Å². The van der Waals surface area contributed by atoms with Crippen LogP contribution in [0.2, 0.25) is 0 Å². The zero-order chi connectivity index (χ0) is 18.6. The molecule has 0 bridgehead atoms. The van der Waals surface area contributed by atoms with E-state index in [4.69, 9.17) is 4.74 Å². The fourth-order valence-electron chi connectivity index (χ4n) is 2.38. The lowest BCUT2D eigenvalue weighted by molar-refractivity contribution is 0.321. The Hall–Kier alpha value is -2.54. The molecule has 0 saturated carbocycles. The maximum Gasteiger partial charge on any atom is 0.167 e. The molecular formula is C18H22F2N2O3. The number of anilines is 2. The van der Waals surface area contributed by atoms with Crippen LogP contribution >= 0.6 is 0 Å². The van der Waals surface area contributed by atoms with Crippen LogP contribution in [0, 0.1) is 11.6 Å². The van der Waals surface area contributed by atoms with Gasteiger partial charge in [-0.15, -0.1) is 0 Å². The average Bonchev–Trinajstić information content (AvgIpc) is 2.58. The molecule has 0 unspecified atom stereocenters. The molecule has 0 fully saturated rings. The van der Waals surface area contributed by atoms with Crippen LogP contribution < -0.4 is 10.1 Å². The van der Waals surface area contributed by atoms with Crippen LogP contribution in [0.4, 0.5) is 20.2 Å². The largest absolute Gasteiger partial charge is 0.505 e. The first-order chi connectivity index (χ1) is 11.9. The molecule has 1 heterocycles. The van der Waals surface area contributed by atoms with Crippen molar-refractivity contribution in [1.82, 2.24) is 4.90 Å². The summed E-state index contributed by atoms with van der Waals surface area (Å²) in [5, 5.41) is 21.2. The van der Waals surface area contributed by atoms with Gasteiger partial charge in [0.25, 0.3) is 0 Å². The number of nitrogens with zero attached hydrogens (tertiary/aromatic N) is 1. The lowest BCUT2D eigenvalue weighted by Crippen LogP contribution is -2.21. The molecule has 3 N–H and O–H groups in total. The lowest BCUT2D eigenvalue weighted by Gasteiger charge is -2.22. The smallest absolute Gasteiger partial charge is 0.167 e. The van der Waals surface area contributed by atoms with Gasteiger partial charge in [0.15, 0.2) is 34.6 Å². The van der Waals surface area contributed by atoms with Crippen LogP contribution in [0.15, 0.2) is 24.3 Å². The highest BCUT2D eigenvalue weighted by molar-refractivity contribution is 5.77. The molecule has 136 valence electrons. The van der Waals surface area contributed by atoms with Gasteiger partial charge in [0.1, 0.15) is 0 Å². The quantitative estimate of drug-likeness (QED) is 0.603. The summed E-state index contributed by atoms with van der Waals surface area (Å²) in [5.41, 5.74) is 0.533. The van der Waals surface area contributed by atoms with Gasteiger partial charge in [-0.2, -0.15) is 0 Å². The lowest BCUT2D eigenvalue weighted by atomic mass is 10.2. The Morgan fingerprint density at radius 1 is 0.840 bits per heavy atom. The fraction of sp³-hybridized carbons (Fsp3) is 0.333. The normalized spacial score (nSPS) is 11.6. The maximum absolute atomic E-state index is 13.2. The SMILES string of the molecule is CCN(CC)CC.Oc1cc2c(cc1F)Nc1cc(F)c(O)cc1O2.